The second-order valence-electron chi connectivity index (χ2n) is 3.88. The van der Waals surface area contributed by atoms with Gasteiger partial charge in [0, 0.05) is 17.2 Å². The van der Waals surface area contributed by atoms with Crippen LogP contribution in [0.15, 0.2) is 41.1 Å². The van der Waals surface area contributed by atoms with E-state index in [4.69, 9.17) is 5.73 Å². The van der Waals surface area contributed by atoms with E-state index in [0.717, 1.165) is 15.7 Å². The molecular formula is C12H13BrN4O. The Bertz CT molecular complexity index is 553. The van der Waals surface area contributed by atoms with E-state index in [1.165, 1.54) is 4.68 Å². The van der Waals surface area contributed by atoms with Crippen molar-refractivity contribution in [2.75, 3.05) is 5.32 Å². The van der Waals surface area contributed by atoms with Crippen molar-refractivity contribution in [1.29, 1.82) is 0 Å². The summed E-state index contributed by atoms with van der Waals surface area (Å²) < 4.78 is 2.55. The number of benzene rings is 1. The number of nitrogens with one attached hydrogen (secondary N) is 1. The minimum atomic E-state index is -0.406. The summed E-state index contributed by atoms with van der Waals surface area (Å²) >= 11 is 3.42. The molecule has 2 rings (SSSR count). The van der Waals surface area contributed by atoms with E-state index in [0.29, 0.717) is 6.54 Å². The molecule has 0 saturated carbocycles. The maximum absolute atomic E-state index is 10.7. The molecule has 0 atom stereocenters. The average molecular weight is 309 g/mol. The molecule has 3 N–H and O–H groups in total. The first-order valence-corrected chi connectivity index (χ1v) is 6.22. The lowest BCUT2D eigenvalue weighted by atomic mass is 10.2. The Hall–Kier alpha value is -1.82. The Morgan fingerprint density at radius 1 is 1.50 bits per heavy atom. The SMILES string of the molecule is NC(=O)Cn1cc(NCc2cccc(Br)c2)cn1. The maximum Gasteiger partial charge on any atom is 0.239 e. The lowest BCUT2D eigenvalue weighted by molar-refractivity contribution is -0.118. The van der Waals surface area contributed by atoms with Gasteiger partial charge in [0.1, 0.15) is 6.54 Å². The molecule has 0 aliphatic heterocycles. The van der Waals surface area contributed by atoms with Crippen LogP contribution in [0.5, 0.6) is 0 Å². The number of amides is 1. The van der Waals surface area contributed by atoms with E-state index in [-0.39, 0.29) is 6.54 Å². The molecule has 2 aromatic rings. The van der Waals surface area contributed by atoms with Gasteiger partial charge in [0.2, 0.25) is 5.91 Å². The number of hydrogen-bond donors (Lipinski definition) is 2. The summed E-state index contributed by atoms with van der Waals surface area (Å²) in [5, 5.41) is 7.26. The van der Waals surface area contributed by atoms with E-state index >= 15 is 0 Å². The molecule has 0 radical (unpaired) electrons. The van der Waals surface area contributed by atoms with Crippen LogP contribution in [0.4, 0.5) is 5.69 Å². The minimum absolute atomic E-state index is 0.0958. The molecule has 5 nitrogen and oxygen atoms in total. The van der Waals surface area contributed by atoms with Crippen LogP contribution in [-0.2, 0) is 17.9 Å². The van der Waals surface area contributed by atoms with Gasteiger partial charge in [0.15, 0.2) is 0 Å². The van der Waals surface area contributed by atoms with Crippen molar-refractivity contribution < 1.29 is 4.79 Å². The fourth-order valence-electron chi connectivity index (χ4n) is 1.55. The van der Waals surface area contributed by atoms with Gasteiger partial charge in [-0.25, -0.2) is 0 Å². The van der Waals surface area contributed by atoms with Crippen LogP contribution in [0.2, 0.25) is 0 Å². The molecule has 0 spiro atoms. The van der Waals surface area contributed by atoms with Gasteiger partial charge in [-0.15, -0.1) is 0 Å². The Kier molecular flexibility index (Phi) is 3.99. The molecular weight excluding hydrogens is 296 g/mol. The van der Waals surface area contributed by atoms with Gasteiger partial charge >= 0.3 is 0 Å². The normalized spacial score (nSPS) is 10.3. The lowest BCUT2D eigenvalue weighted by Crippen LogP contribution is -2.18. The van der Waals surface area contributed by atoms with Crippen molar-refractivity contribution >= 4 is 27.5 Å². The highest BCUT2D eigenvalue weighted by Gasteiger charge is 2.01. The molecule has 0 fully saturated rings. The summed E-state index contributed by atoms with van der Waals surface area (Å²) in [6, 6.07) is 8.04. The van der Waals surface area contributed by atoms with Crippen LogP contribution < -0.4 is 11.1 Å². The number of halogens is 1. The summed E-state index contributed by atoms with van der Waals surface area (Å²) in [5.74, 6) is -0.406. The van der Waals surface area contributed by atoms with E-state index in [1.54, 1.807) is 12.4 Å². The van der Waals surface area contributed by atoms with Crippen LogP contribution in [-0.4, -0.2) is 15.7 Å². The van der Waals surface area contributed by atoms with Gasteiger partial charge in [-0.05, 0) is 17.7 Å². The number of nitrogens with two attached hydrogens (primary N) is 1. The molecule has 0 aliphatic carbocycles. The van der Waals surface area contributed by atoms with Crippen LogP contribution in [0.1, 0.15) is 5.56 Å². The average Bonchev–Trinajstić information content (AvgIpc) is 2.73. The maximum atomic E-state index is 10.7. The molecule has 0 saturated heterocycles. The van der Waals surface area contributed by atoms with Crippen molar-refractivity contribution in [3.05, 3.63) is 46.7 Å². The highest BCUT2D eigenvalue weighted by Crippen LogP contribution is 2.13. The van der Waals surface area contributed by atoms with Crippen molar-refractivity contribution in [3.8, 4) is 0 Å². The van der Waals surface area contributed by atoms with Gasteiger partial charge in [0.25, 0.3) is 0 Å². The molecule has 6 heteroatoms. The zero-order valence-electron chi connectivity index (χ0n) is 9.64. The second-order valence-corrected chi connectivity index (χ2v) is 4.79. The van der Waals surface area contributed by atoms with E-state index in [9.17, 15) is 4.79 Å². The van der Waals surface area contributed by atoms with Gasteiger partial charge in [-0.2, -0.15) is 5.10 Å². The Balaban J connectivity index is 1.94. The van der Waals surface area contributed by atoms with Crippen molar-refractivity contribution in [2.24, 2.45) is 5.73 Å². The van der Waals surface area contributed by atoms with Crippen molar-refractivity contribution in [2.45, 2.75) is 13.1 Å². The summed E-state index contributed by atoms with van der Waals surface area (Å²) in [6.45, 7) is 0.792. The number of primary amides is 1. The topological polar surface area (TPSA) is 72.9 Å². The van der Waals surface area contributed by atoms with Crippen LogP contribution in [0.3, 0.4) is 0 Å². The highest BCUT2D eigenvalue weighted by atomic mass is 79.9. The minimum Gasteiger partial charge on any atom is -0.378 e. The summed E-state index contributed by atoms with van der Waals surface area (Å²) in [5.41, 5.74) is 7.11. The summed E-state index contributed by atoms with van der Waals surface area (Å²) in [4.78, 5) is 10.7. The number of carbonyl (C=O) groups excluding carboxylic acids is 1. The highest BCUT2D eigenvalue weighted by molar-refractivity contribution is 9.10. The zero-order valence-corrected chi connectivity index (χ0v) is 11.2. The van der Waals surface area contributed by atoms with Crippen LogP contribution in [0, 0.1) is 0 Å². The van der Waals surface area contributed by atoms with Crippen molar-refractivity contribution in [1.82, 2.24) is 9.78 Å². The summed E-state index contributed by atoms with van der Waals surface area (Å²) in [7, 11) is 0. The Morgan fingerprint density at radius 3 is 3.06 bits per heavy atom. The zero-order chi connectivity index (χ0) is 13.0. The van der Waals surface area contributed by atoms with Gasteiger partial charge in [0.05, 0.1) is 11.9 Å². The van der Waals surface area contributed by atoms with Crippen LogP contribution in [0.25, 0.3) is 0 Å². The number of carbonyl (C=O) groups is 1. The molecule has 0 aliphatic rings. The quantitative estimate of drug-likeness (QED) is 0.883. The molecule has 1 amide bonds. The van der Waals surface area contributed by atoms with E-state index in [1.807, 2.05) is 24.3 Å². The first-order valence-electron chi connectivity index (χ1n) is 5.42. The fraction of sp³-hybridized carbons (Fsp3) is 0.167. The number of aromatic nitrogens is 2. The number of nitrogens with zero attached hydrogens (tertiary/aromatic N) is 2. The number of anilines is 1. The van der Waals surface area contributed by atoms with Crippen molar-refractivity contribution in [3.63, 3.8) is 0 Å². The second kappa shape index (κ2) is 5.68. The third kappa shape index (κ3) is 3.59. The molecule has 0 bridgehead atoms. The first-order chi connectivity index (χ1) is 8.63. The third-order valence-electron chi connectivity index (χ3n) is 2.34. The van der Waals surface area contributed by atoms with Gasteiger partial charge in [-0.1, -0.05) is 28.1 Å². The Labute approximate surface area is 113 Å². The predicted molar refractivity (Wildman–Crippen MR) is 72.9 cm³/mol. The standard InChI is InChI=1S/C12H13BrN4O/c13-10-3-1-2-9(4-10)5-15-11-6-16-17(7-11)8-12(14)18/h1-4,6-7,15H,5,8H2,(H2,14,18). The molecule has 1 aromatic carbocycles. The smallest absolute Gasteiger partial charge is 0.239 e. The van der Waals surface area contributed by atoms with E-state index < -0.39 is 5.91 Å². The number of rotatable bonds is 5. The lowest BCUT2D eigenvalue weighted by Gasteiger charge is -2.03. The first kappa shape index (κ1) is 12.6. The Morgan fingerprint density at radius 2 is 2.33 bits per heavy atom. The van der Waals surface area contributed by atoms with E-state index in [2.05, 4.69) is 26.3 Å². The fourth-order valence-corrected chi connectivity index (χ4v) is 2.00. The molecule has 1 heterocycles. The molecule has 1 aromatic heterocycles. The summed E-state index contributed by atoms with van der Waals surface area (Å²) in [6.07, 6.45) is 3.42. The van der Waals surface area contributed by atoms with Crippen LogP contribution >= 0.6 is 15.9 Å². The molecule has 94 valence electrons. The largest absolute Gasteiger partial charge is 0.378 e. The molecule has 18 heavy (non-hydrogen) atoms. The predicted octanol–water partition coefficient (Wildman–Crippen LogP) is 1.74. The molecule has 0 unspecified atom stereocenters. The third-order valence-corrected chi connectivity index (χ3v) is 2.83. The van der Waals surface area contributed by atoms with Gasteiger partial charge < -0.3 is 11.1 Å². The van der Waals surface area contributed by atoms with Gasteiger partial charge in [-0.3, -0.25) is 9.48 Å². The number of hydrogen-bond acceptors (Lipinski definition) is 3. The monoisotopic (exact) mass is 308 g/mol.